The normalized spacial score (nSPS) is 14.0. The van der Waals surface area contributed by atoms with Crippen molar-refractivity contribution >= 4 is 53.9 Å². The largest absolute Gasteiger partial charge is 0.0642 e. The van der Waals surface area contributed by atoms with Crippen molar-refractivity contribution in [3.05, 3.63) is 132 Å². The SMILES string of the molecule is CCC1(CC)c2c(cccc2-c2ccc3ccc4cccc5ccc2c3c45)-c2c1c1ccccc1c1ccccc21. The minimum Gasteiger partial charge on any atom is -0.0642 e. The Hall–Kier alpha value is -4.68. The third kappa shape index (κ3) is 2.80. The zero-order chi connectivity index (χ0) is 27.3. The Bertz CT molecular complexity index is 2310. The lowest BCUT2D eigenvalue weighted by atomic mass is 9.70. The molecule has 0 radical (unpaired) electrons. The first-order valence-electron chi connectivity index (χ1n) is 15.0. The summed E-state index contributed by atoms with van der Waals surface area (Å²) in [5.74, 6) is 0. The fourth-order valence-corrected chi connectivity index (χ4v) is 8.47. The first-order chi connectivity index (χ1) is 20.2. The van der Waals surface area contributed by atoms with Gasteiger partial charge in [-0.25, -0.2) is 0 Å². The molecule has 0 unspecified atom stereocenters. The summed E-state index contributed by atoms with van der Waals surface area (Å²) in [6.07, 6.45) is 2.13. The maximum atomic E-state index is 2.40. The van der Waals surface area contributed by atoms with Crippen LogP contribution in [0.15, 0.2) is 121 Å². The summed E-state index contributed by atoms with van der Waals surface area (Å²) in [5.41, 5.74) is 8.56. The molecule has 0 heterocycles. The lowest BCUT2D eigenvalue weighted by Gasteiger charge is -2.33. The second-order valence-corrected chi connectivity index (χ2v) is 11.8. The predicted octanol–water partition coefficient (Wildman–Crippen LogP) is 11.6. The van der Waals surface area contributed by atoms with E-state index in [0.717, 1.165) is 12.8 Å². The molecule has 0 saturated carbocycles. The Kier molecular flexibility index (Phi) is 4.60. The standard InChI is InChI=1S/C41H30/c1-3-41(4-2)39-33(30-23-21-27-20-19-25-11-9-12-26-22-24-32(30)37(27)36(25)26)17-10-18-35(39)38-31-15-7-5-13-28(31)29-14-6-8-16-34(29)40(38)41/h5-24H,3-4H2,1-2H3. The minimum absolute atomic E-state index is 0.0606. The molecule has 0 nitrogen and oxygen atoms in total. The van der Waals surface area contributed by atoms with E-state index in [1.807, 2.05) is 0 Å². The summed E-state index contributed by atoms with van der Waals surface area (Å²) in [4.78, 5) is 0. The second-order valence-electron chi connectivity index (χ2n) is 11.8. The molecule has 0 spiro atoms. The smallest absolute Gasteiger partial charge is 0.0222 e. The molecule has 0 amide bonds. The molecule has 1 aliphatic rings. The Morgan fingerprint density at radius 1 is 0.390 bits per heavy atom. The van der Waals surface area contributed by atoms with Crippen molar-refractivity contribution in [2.45, 2.75) is 32.1 Å². The van der Waals surface area contributed by atoms with E-state index in [9.17, 15) is 0 Å². The molecule has 1 aliphatic carbocycles. The lowest BCUT2D eigenvalue weighted by molar-refractivity contribution is 0.495. The molecule has 0 heteroatoms. The summed E-state index contributed by atoms with van der Waals surface area (Å²) >= 11 is 0. The third-order valence-corrected chi connectivity index (χ3v) is 10.2. The molecule has 0 bridgehead atoms. The third-order valence-electron chi connectivity index (χ3n) is 10.2. The first-order valence-corrected chi connectivity index (χ1v) is 15.0. The molecule has 194 valence electrons. The molecular weight excluding hydrogens is 492 g/mol. The van der Waals surface area contributed by atoms with Crippen LogP contribution in [0, 0.1) is 0 Å². The number of fused-ring (bicyclic) bond motifs is 8. The van der Waals surface area contributed by atoms with E-state index >= 15 is 0 Å². The Morgan fingerprint density at radius 2 is 0.951 bits per heavy atom. The van der Waals surface area contributed by atoms with E-state index in [2.05, 4.69) is 135 Å². The molecule has 0 saturated heterocycles. The maximum Gasteiger partial charge on any atom is 0.0222 e. The van der Waals surface area contributed by atoms with Gasteiger partial charge in [-0.3, -0.25) is 0 Å². The van der Waals surface area contributed by atoms with Gasteiger partial charge in [-0.15, -0.1) is 0 Å². The van der Waals surface area contributed by atoms with Crippen molar-refractivity contribution in [1.29, 1.82) is 0 Å². The van der Waals surface area contributed by atoms with Crippen LogP contribution in [0.2, 0.25) is 0 Å². The van der Waals surface area contributed by atoms with E-state index < -0.39 is 0 Å². The Labute approximate surface area is 240 Å². The number of benzene rings is 8. The minimum atomic E-state index is -0.0606. The molecule has 8 aromatic carbocycles. The van der Waals surface area contributed by atoms with Gasteiger partial charge in [-0.2, -0.15) is 0 Å². The van der Waals surface area contributed by atoms with Crippen LogP contribution in [0.4, 0.5) is 0 Å². The van der Waals surface area contributed by atoms with Crippen LogP contribution in [0.3, 0.4) is 0 Å². The summed E-state index contributed by atoms with van der Waals surface area (Å²) in [6, 6.07) is 45.9. The van der Waals surface area contributed by atoms with Gasteiger partial charge in [-0.05, 0) is 100 Å². The molecule has 0 aliphatic heterocycles. The summed E-state index contributed by atoms with van der Waals surface area (Å²) < 4.78 is 0. The van der Waals surface area contributed by atoms with Gasteiger partial charge in [0.1, 0.15) is 0 Å². The van der Waals surface area contributed by atoms with Crippen LogP contribution in [0.5, 0.6) is 0 Å². The van der Waals surface area contributed by atoms with Gasteiger partial charge >= 0.3 is 0 Å². The van der Waals surface area contributed by atoms with Crippen LogP contribution < -0.4 is 0 Å². The van der Waals surface area contributed by atoms with Gasteiger partial charge in [0.05, 0.1) is 0 Å². The zero-order valence-corrected chi connectivity index (χ0v) is 23.5. The summed E-state index contributed by atoms with van der Waals surface area (Å²) in [5, 5.41) is 13.6. The predicted molar refractivity (Wildman–Crippen MR) is 177 cm³/mol. The highest BCUT2D eigenvalue weighted by atomic mass is 14.5. The fraction of sp³-hybridized carbons (Fsp3) is 0.122. The number of rotatable bonds is 3. The molecule has 0 N–H and O–H groups in total. The van der Waals surface area contributed by atoms with E-state index in [1.165, 1.54) is 87.2 Å². The van der Waals surface area contributed by atoms with Gasteiger partial charge in [0.25, 0.3) is 0 Å². The van der Waals surface area contributed by atoms with Crippen LogP contribution in [0.25, 0.3) is 76.1 Å². The first kappa shape index (κ1) is 23.1. The van der Waals surface area contributed by atoms with Crippen LogP contribution in [-0.4, -0.2) is 0 Å². The zero-order valence-electron chi connectivity index (χ0n) is 23.5. The van der Waals surface area contributed by atoms with Crippen molar-refractivity contribution in [2.75, 3.05) is 0 Å². The van der Waals surface area contributed by atoms with Gasteiger partial charge in [0.2, 0.25) is 0 Å². The van der Waals surface area contributed by atoms with Crippen LogP contribution >= 0.6 is 0 Å². The molecule has 0 aromatic heterocycles. The molecular formula is C41H30. The topological polar surface area (TPSA) is 0 Å². The van der Waals surface area contributed by atoms with Crippen molar-refractivity contribution in [2.24, 2.45) is 0 Å². The quantitative estimate of drug-likeness (QED) is 0.202. The van der Waals surface area contributed by atoms with Crippen LogP contribution in [-0.2, 0) is 5.41 Å². The highest BCUT2D eigenvalue weighted by Crippen LogP contribution is 2.60. The van der Waals surface area contributed by atoms with Gasteiger partial charge < -0.3 is 0 Å². The molecule has 8 aromatic rings. The molecule has 0 fully saturated rings. The van der Waals surface area contributed by atoms with E-state index in [0.29, 0.717) is 0 Å². The highest BCUT2D eigenvalue weighted by Gasteiger charge is 2.44. The fourth-order valence-electron chi connectivity index (χ4n) is 8.47. The number of hydrogen-bond acceptors (Lipinski definition) is 0. The van der Waals surface area contributed by atoms with E-state index in [4.69, 9.17) is 0 Å². The molecule has 41 heavy (non-hydrogen) atoms. The Morgan fingerprint density at radius 3 is 1.68 bits per heavy atom. The monoisotopic (exact) mass is 522 g/mol. The molecule has 9 rings (SSSR count). The highest BCUT2D eigenvalue weighted by molar-refractivity contribution is 6.26. The van der Waals surface area contributed by atoms with Crippen LogP contribution in [0.1, 0.15) is 37.8 Å². The summed E-state index contributed by atoms with van der Waals surface area (Å²) in [7, 11) is 0. The van der Waals surface area contributed by atoms with E-state index in [1.54, 1.807) is 0 Å². The molecule has 0 atom stereocenters. The lowest BCUT2D eigenvalue weighted by Crippen LogP contribution is -2.24. The second kappa shape index (κ2) is 8.18. The Balaban J connectivity index is 1.45. The van der Waals surface area contributed by atoms with Crippen molar-refractivity contribution < 1.29 is 0 Å². The van der Waals surface area contributed by atoms with Gasteiger partial charge in [0.15, 0.2) is 0 Å². The van der Waals surface area contributed by atoms with Gasteiger partial charge in [-0.1, -0.05) is 135 Å². The van der Waals surface area contributed by atoms with E-state index in [-0.39, 0.29) is 5.41 Å². The average molecular weight is 523 g/mol. The average Bonchev–Trinajstić information content (AvgIpc) is 3.35. The van der Waals surface area contributed by atoms with Crippen molar-refractivity contribution in [1.82, 2.24) is 0 Å². The maximum absolute atomic E-state index is 2.40. The van der Waals surface area contributed by atoms with Crippen molar-refractivity contribution in [3.63, 3.8) is 0 Å². The van der Waals surface area contributed by atoms with Crippen molar-refractivity contribution in [3.8, 4) is 22.3 Å². The summed E-state index contributed by atoms with van der Waals surface area (Å²) in [6.45, 7) is 4.79. The number of hydrogen-bond donors (Lipinski definition) is 0. The van der Waals surface area contributed by atoms with Gasteiger partial charge in [0, 0.05) is 5.41 Å².